The van der Waals surface area contributed by atoms with Crippen molar-refractivity contribution in [1.29, 1.82) is 0 Å². The molecule has 0 spiro atoms. The molecule has 84 valence electrons. The van der Waals surface area contributed by atoms with Gasteiger partial charge in [-0.1, -0.05) is 31.2 Å². The van der Waals surface area contributed by atoms with Gasteiger partial charge in [0.05, 0.1) is 6.61 Å². The number of methoxy groups -OCH3 is 1. The quantitative estimate of drug-likeness (QED) is 0.691. The van der Waals surface area contributed by atoms with Crippen molar-refractivity contribution in [1.82, 2.24) is 5.32 Å². The van der Waals surface area contributed by atoms with Crippen LogP contribution in [0.4, 0.5) is 0 Å². The Bertz CT molecular complexity index is 256. The third kappa shape index (κ3) is 4.96. The molecule has 0 aromatic heterocycles. The fourth-order valence-electron chi connectivity index (χ4n) is 1.47. The third-order valence-corrected chi connectivity index (χ3v) is 2.50. The van der Waals surface area contributed by atoms with E-state index in [1.165, 1.54) is 11.1 Å². The smallest absolute Gasteiger partial charge is 0.0587 e. The summed E-state index contributed by atoms with van der Waals surface area (Å²) in [5.41, 5.74) is 2.81. The van der Waals surface area contributed by atoms with E-state index in [1.807, 2.05) is 0 Å². The van der Waals surface area contributed by atoms with Gasteiger partial charge in [0.2, 0.25) is 0 Å². The van der Waals surface area contributed by atoms with Crippen LogP contribution in [-0.2, 0) is 17.6 Å². The zero-order valence-corrected chi connectivity index (χ0v) is 9.75. The van der Waals surface area contributed by atoms with Gasteiger partial charge in [0.1, 0.15) is 0 Å². The summed E-state index contributed by atoms with van der Waals surface area (Å²) in [6, 6.07) is 8.86. The third-order valence-electron chi connectivity index (χ3n) is 2.50. The molecule has 0 saturated carbocycles. The van der Waals surface area contributed by atoms with Crippen molar-refractivity contribution < 1.29 is 4.74 Å². The molecule has 2 heteroatoms. The number of benzene rings is 1. The molecule has 0 saturated heterocycles. The Hall–Kier alpha value is -0.860. The summed E-state index contributed by atoms with van der Waals surface area (Å²) in [4.78, 5) is 0. The summed E-state index contributed by atoms with van der Waals surface area (Å²) < 4.78 is 4.96. The van der Waals surface area contributed by atoms with E-state index in [1.54, 1.807) is 7.11 Å². The summed E-state index contributed by atoms with van der Waals surface area (Å²) in [7, 11) is 1.73. The SMILES string of the molecule is CCc1ccc(CCNCCOC)cc1. The maximum absolute atomic E-state index is 4.96. The Morgan fingerprint density at radius 2 is 1.73 bits per heavy atom. The predicted molar refractivity (Wildman–Crippen MR) is 64.3 cm³/mol. The summed E-state index contributed by atoms with van der Waals surface area (Å²) in [6.45, 7) is 4.93. The second-order valence-electron chi connectivity index (χ2n) is 3.66. The van der Waals surface area contributed by atoms with Crippen molar-refractivity contribution in [2.24, 2.45) is 0 Å². The molecule has 0 bridgehead atoms. The standard InChI is InChI=1S/C13H21NO/c1-3-12-4-6-13(7-5-12)8-9-14-10-11-15-2/h4-7,14H,3,8-11H2,1-2H3. The van der Waals surface area contributed by atoms with E-state index in [-0.39, 0.29) is 0 Å². The second-order valence-corrected chi connectivity index (χ2v) is 3.66. The molecule has 0 amide bonds. The van der Waals surface area contributed by atoms with E-state index in [0.717, 1.165) is 32.5 Å². The van der Waals surface area contributed by atoms with E-state index in [0.29, 0.717) is 0 Å². The topological polar surface area (TPSA) is 21.3 Å². The Kier molecular flexibility index (Phi) is 6.05. The number of hydrogen-bond acceptors (Lipinski definition) is 2. The van der Waals surface area contributed by atoms with Crippen molar-refractivity contribution in [2.75, 3.05) is 26.8 Å². The van der Waals surface area contributed by atoms with Crippen LogP contribution in [0.15, 0.2) is 24.3 Å². The van der Waals surface area contributed by atoms with Crippen molar-refractivity contribution in [3.63, 3.8) is 0 Å². The fourth-order valence-corrected chi connectivity index (χ4v) is 1.47. The minimum absolute atomic E-state index is 0.786. The summed E-state index contributed by atoms with van der Waals surface area (Å²) in [5, 5.41) is 3.34. The lowest BCUT2D eigenvalue weighted by Gasteiger charge is -2.04. The molecule has 0 atom stereocenters. The molecule has 1 N–H and O–H groups in total. The van der Waals surface area contributed by atoms with Gasteiger partial charge in [-0.05, 0) is 30.5 Å². The number of nitrogens with one attached hydrogen (secondary N) is 1. The molecule has 0 unspecified atom stereocenters. The first-order chi connectivity index (χ1) is 7.36. The number of aryl methyl sites for hydroxylation is 1. The first-order valence-corrected chi connectivity index (χ1v) is 5.64. The van der Waals surface area contributed by atoms with Gasteiger partial charge < -0.3 is 10.1 Å². The van der Waals surface area contributed by atoms with Crippen LogP contribution >= 0.6 is 0 Å². The van der Waals surface area contributed by atoms with Crippen molar-refractivity contribution in [2.45, 2.75) is 19.8 Å². The Morgan fingerprint density at radius 3 is 2.33 bits per heavy atom. The van der Waals surface area contributed by atoms with E-state index in [9.17, 15) is 0 Å². The molecular formula is C13H21NO. The van der Waals surface area contributed by atoms with Crippen LogP contribution in [0.2, 0.25) is 0 Å². The molecule has 0 aliphatic heterocycles. The van der Waals surface area contributed by atoms with Crippen LogP contribution in [0.5, 0.6) is 0 Å². The second kappa shape index (κ2) is 7.43. The van der Waals surface area contributed by atoms with E-state index < -0.39 is 0 Å². The van der Waals surface area contributed by atoms with E-state index in [4.69, 9.17) is 4.74 Å². The Morgan fingerprint density at radius 1 is 1.07 bits per heavy atom. The molecule has 0 heterocycles. The number of rotatable bonds is 7. The zero-order valence-electron chi connectivity index (χ0n) is 9.75. The highest BCUT2D eigenvalue weighted by atomic mass is 16.5. The van der Waals surface area contributed by atoms with Crippen LogP contribution in [0.1, 0.15) is 18.1 Å². The van der Waals surface area contributed by atoms with Crippen LogP contribution in [-0.4, -0.2) is 26.8 Å². The molecule has 15 heavy (non-hydrogen) atoms. The Balaban J connectivity index is 2.20. The van der Waals surface area contributed by atoms with Crippen molar-refractivity contribution >= 4 is 0 Å². The number of hydrogen-bond donors (Lipinski definition) is 1. The minimum Gasteiger partial charge on any atom is -0.383 e. The van der Waals surface area contributed by atoms with Gasteiger partial charge in [0.25, 0.3) is 0 Å². The fraction of sp³-hybridized carbons (Fsp3) is 0.538. The minimum atomic E-state index is 0.786. The van der Waals surface area contributed by atoms with Gasteiger partial charge >= 0.3 is 0 Å². The van der Waals surface area contributed by atoms with Gasteiger partial charge in [0, 0.05) is 13.7 Å². The zero-order chi connectivity index (χ0) is 10.9. The van der Waals surface area contributed by atoms with Crippen LogP contribution < -0.4 is 5.32 Å². The summed E-state index contributed by atoms with van der Waals surface area (Å²) in [6.07, 6.45) is 2.21. The molecule has 0 fully saturated rings. The van der Waals surface area contributed by atoms with Crippen LogP contribution in [0, 0.1) is 0 Å². The van der Waals surface area contributed by atoms with Gasteiger partial charge in [-0.2, -0.15) is 0 Å². The summed E-state index contributed by atoms with van der Waals surface area (Å²) in [5.74, 6) is 0. The van der Waals surface area contributed by atoms with Crippen LogP contribution in [0.25, 0.3) is 0 Å². The van der Waals surface area contributed by atoms with Gasteiger partial charge in [-0.25, -0.2) is 0 Å². The monoisotopic (exact) mass is 207 g/mol. The molecule has 0 aliphatic carbocycles. The highest BCUT2D eigenvalue weighted by Gasteiger charge is 1.93. The molecule has 1 rings (SSSR count). The lowest BCUT2D eigenvalue weighted by atomic mass is 10.1. The van der Waals surface area contributed by atoms with Crippen LogP contribution in [0.3, 0.4) is 0 Å². The molecule has 0 aliphatic rings. The van der Waals surface area contributed by atoms with Gasteiger partial charge in [-0.15, -0.1) is 0 Å². The van der Waals surface area contributed by atoms with Crippen molar-refractivity contribution in [3.05, 3.63) is 35.4 Å². The maximum atomic E-state index is 4.96. The molecule has 2 nitrogen and oxygen atoms in total. The van der Waals surface area contributed by atoms with E-state index >= 15 is 0 Å². The predicted octanol–water partition coefficient (Wildman–Crippen LogP) is 2.03. The van der Waals surface area contributed by atoms with Gasteiger partial charge in [-0.3, -0.25) is 0 Å². The lowest BCUT2D eigenvalue weighted by molar-refractivity contribution is 0.199. The average Bonchev–Trinajstić information content (AvgIpc) is 2.30. The van der Waals surface area contributed by atoms with Gasteiger partial charge in [0.15, 0.2) is 0 Å². The normalized spacial score (nSPS) is 10.5. The van der Waals surface area contributed by atoms with E-state index in [2.05, 4.69) is 36.5 Å². The van der Waals surface area contributed by atoms with Crippen molar-refractivity contribution in [3.8, 4) is 0 Å². The first-order valence-electron chi connectivity index (χ1n) is 5.64. The highest BCUT2D eigenvalue weighted by molar-refractivity contribution is 5.22. The molecule has 1 aromatic carbocycles. The maximum Gasteiger partial charge on any atom is 0.0587 e. The highest BCUT2D eigenvalue weighted by Crippen LogP contribution is 2.04. The molecular weight excluding hydrogens is 186 g/mol. The summed E-state index contributed by atoms with van der Waals surface area (Å²) >= 11 is 0. The largest absolute Gasteiger partial charge is 0.383 e. The average molecular weight is 207 g/mol. The first kappa shape index (κ1) is 12.2. The number of ether oxygens (including phenoxy) is 1. The lowest BCUT2D eigenvalue weighted by Crippen LogP contribution is -2.21. The Labute approximate surface area is 92.6 Å². The molecule has 1 aromatic rings. The molecule has 0 radical (unpaired) electrons.